The van der Waals surface area contributed by atoms with Crippen LogP contribution < -0.4 is 5.32 Å². The number of carbonyl (C=O) groups is 2. The quantitative estimate of drug-likeness (QED) is 0.838. The van der Waals surface area contributed by atoms with Gasteiger partial charge in [-0.05, 0) is 25.5 Å². The Morgan fingerprint density at radius 3 is 2.55 bits per heavy atom. The van der Waals surface area contributed by atoms with Gasteiger partial charge in [0.15, 0.2) is 0 Å². The van der Waals surface area contributed by atoms with Crippen LogP contribution in [0.15, 0.2) is 24.3 Å². The summed E-state index contributed by atoms with van der Waals surface area (Å²) in [7, 11) is 0. The van der Waals surface area contributed by atoms with Crippen molar-refractivity contribution in [3.8, 4) is 0 Å². The molecule has 1 aliphatic heterocycles. The van der Waals surface area contributed by atoms with E-state index in [0.29, 0.717) is 37.5 Å². The van der Waals surface area contributed by atoms with Crippen LogP contribution in [0.5, 0.6) is 0 Å². The fraction of sp³-hybridized carbons (Fsp3) is 0.467. The zero-order valence-electron chi connectivity index (χ0n) is 11.8. The number of hydrogen-bond acceptors (Lipinski definition) is 4. The summed E-state index contributed by atoms with van der Waals surface area (Å²) >= 11 is 0. The Kier molecular flexibility index (Phi) is 4.39. The fourth-order valence-corrected chi connectivity index (χ4v) is 2.08. The van der Waals surface area contributed by atoms with Crippen LogP contribution in [-0.2, 0) is 14.3 Å². The zero-order chi connectivity index (χ0) is 14.6. The number of carbonyl (C=O) groups excluding carboxylic acids is 2. The molecular formula is C15H19NO4. The molecule has 1 aromatic carbocycles. The second kappa shape index (κ2) is 6.05. The van der Waals surface area contributed by atoms with E-state index < -0.39 is 11.4 Å². The average Bonchev–Trinajstić information content (AvgIpc) is 2.39. The summed E-state index contributed by atoms with van der Waals surface area (Å²) in [6.07, 6.45) is 0.709. The molecule has 0 bridgehead atoms. The summed E-state index contributed by atoms with van der Waals surface area (Å²) in [5.41, 5.74) is 0.381. The molecule has 1 aliphatic rings. The van der Waals surface area contributed by atoms with Gasteiger partial charge in [-0.1, -0.05) is 19.1 Å². The maximum absolute atomic E-state index is 12.3. The first-order valence-electron chi connectivity index (χ1n) is 6.78. The lowest BCUT2D eigenvalue weighted by molar-refractivity contribution is -0.156. The van der Waals surface area contributed by atoms with Gasteiger partial charge < -0.3 is 14.8 Å². The number of amides is 1. The Labute approximate surface area is 118 Å². The lowest BCUT2D eigenvalue weighted by Crippen LogP contribution is -2.51. The van der Waals surface area contributed by atoms with Gasteiger partial charge in [-0.2, -0.15) is 0 Å². The highest BCUT2D eigenvalue weighted by Gasteiger charge is 2.44. The monoisotopic (exact) mass is 277 g/mol. The van der Waals surface area contributed by atoms with Gasteiger partial charge in [0.25, 0.3) is 0 Å². The Bertz CT molecular complexity index is 503. The second-order valence-corrected chi connectivity index (χ2v) is 4.85. The topological polar surface area (TPSA) is 64.6 Å². The van der Waals surface area contributed by atoms with Crippen molar-refractivity contribution in [2.45, 2.75) is 20.3 Å². The van der Waals surface area contributed by atoms with Crippen LogP contribution in [0.3, 0.4) is 0 Å². The van der Waals surface area contributed by atoms with Crippen LogP contribution in [0.25, 0.3) is 0 Å². The molecule has 20 heavy (non-hydrogen) atoms. The SMILES string of the molecule is CCOC(=O)c1ccccc1NC(=O)C1(CC)COC1. The summed E-state index contributed by atoms with van der Waals surface area (Å²) < 4.78 is 10.1. The first-order chi connectivity index (χ1) is 9.63. The molecule has 5 heteroatoms. The Hall–Kier alpha value is -1.88. The lowest BCUT2D eigenvalue weighted by atomic mass is 9.82. The van der Waals surface area contributed by atoms with Gasteiger partial charge in [0.05, 0.1) is 36.5 Å². The highest BCUT2D eigenvalue weighted by molar-refractivity contribution is 6.03. The Morgan fingerprint density at radius 2 is 2.00 bits per heavy atom. The van der Waals surface area contributed by atoms with E-state index in [9.17, 15) is 9.59 Å². The summed E-state index contributed by atoms with van der Waals surface area (Å²) in [6, 6.07) is 6.86. The predicted molar refractivity (Wildman–Crippen MR) is 74.6 cm³/mol. The third-order valence-corrected chi connectivity index (χ3v) is 3.59. The van der Waals surface area contributed by atoms with Crippen molar-refractivity contribution >= 4 is 17.6 Å². The normalized spacial score (nSPS) is 16.1. The molecule has 0 aromatic heterocycles. The van der Waals surface area contributed by atoms with Crippen LogP contribution in [-0.4, -0.2) is 31.7 Å². The molecule has 1 N–H and O–H groups in total. The smallest absolute Gasteiger partial charge is 0.340 e. The number of rotatable bonds is 5. The largest absolute Gasteiger partial charge is 0.462 e. The highest BCUT2D eigenvalue weighted by atomic mass is 16.5. The average molecular weight is 277 g/mol. The van der Waals surface area contributed by atoms with E-state index in [4.69, 9.17) is 9.47 Å². The standard InChI is InChI=1S/C15H19NO4/c1-3-15(9-19-10-15)14(18)16-12-8-6-5-7-11(12)13(17)20-4-2/h5-8H,3-4,9-10H2,1-2H3,(H,16,18). The molecule has 0 aliphatic carbocycles. The Morgan fingerprint density at radius 1 is 1.30 bits per heavy atom. The number of anilines is 1. The highest BCUT2D eigenvalue weighted by Crippen LogP contribution is 2.33. The third-order valence-electron chi connectivity index (χ3n) is 3.59. The summed E-state index contributed by atoms with van der Waals surface area (Å²) in [5.74, 6) is -0.540. The van der Waals surface area contributed by atoms with Crippen LogP contribution >= 0.6 is 0 Å². The molecule has 0 radical (unpaired) electrons. The predicted octanol–water partition coefficient (Wildman–Crippen LogP) is 2.23. The van der Waals surface area contributed by atoms with E-state index >= 15 is 0 Å². The molecule has 1 amide bonds. The molecule has 1 saturated heterocycles. The van der Waals surface area contributed by atoms with E-state index in [2.05, 4.69) is 5.32 Å². The number of benzene rings is 1. The first kappa shape index (κ1) is 14.5. The van der Waals surface area contributed by atoms with Crippen LogP contribution in [0.4, 0.5) is 5.69 Å². The van der Waals surface area contributed by atoms with Crippen molar-refractivity contribution in [2.24, 2.45) is 5.41 Å². The van der Waals surface area contributed by atoms with Crippen molar-refractivity contribution in [1.82, 2.24) is 0 Å². The number of ether oxygens (including phenoxy) is 2. The molecule has 0 spiro atoms. The zero-order valence-corrected chi connectivity index (χ0v) is 11.8. The molecule has 1 fully saturated rings. The minimum atomic E-state index is -0.470. The van der Waals surface area contributed by atoms with E-state index in [0.717, 1.165) is 0 Å². The minimum Gasteiger partial charge on any atom is -0.462 e. The minimum absolute atomic E-state index is 0.108. The molecule has 1 heterocycles. The van der Waals surface area contributed by atoms with Gasteiger partial charge in [-0.25, -0.2) is 4.79 Å². The van der Waals surface area contributed by atoms with Crippen LogP contribution in [0.1, 0.15) is 30.6 Å². The molecule has 0 unspecified atom stereocenters. The molecule has 108 valence electrons. The Balaban J connectivity index is 2.17. The van der Waals surface area contributed by atoms with E-state index in [1.54, 1.807) is 31.2 Å². The van der Waals surface area contributed by atoms with E-state index in [1.165, 1.54) is 0 Å². The van der Waals surface area contributed by atoms with Crippen LogP contribution in [0.2, 0.25) is 0 Å². The van der Waals surface area contributed by atoms with E-state index in [-0.39, 0.29) is 5.91 Å². The third kappa shape index (κ3) is 2.67. The first-order valence-corrected chi connectivity index (χ1v) is 6.78. The lowest BCUT2D eigenvalue weighted by Gasteiger charge is -2.39. The number of hydrogen-bond donors (Lipinski definition) is 1. The van der Waals surface area contributed by atoms with Crippen molar-refractivity contribution < 1.29 is 19.1 Å². The number of esters is 1. The van der Waals surface area contributed by atoms with Gasteiger partial charge in [0.1, 0.15) is 0 Å². The van der Waals surface area contributed by atoms with Gasteiger partial charge in [-0.15, -0.1) is 0 Å². The number of para-hydroxylation sites is 1. The van der Waals surface area contributed by atoms with Crippen molar-refractivity contribution in [2.75, 3.05) is 25.1 Å². The van der Waals surface area contributed by atoms with Gasteiger partial charge in [0, 0.05) is 0 Å². The molecular weight excluding hydrogens is 258 g/mol. The maximum atomic E-state index is 12.3. The van der Waals surface area contributed by atoms with Crippen molar-refractivity contribution in [3.63, 3.8) is 0 Å². The summed E-state index contributed by atoms with van der Waals surface area (Å²) in [4.78, 5) is 24.2. The van der Waals surface area contributed by atoms with Crippen molar-refractivity contribution in [3.05, 3.63) is 29.8 Å². The molecule has 5 nitrogen and oxygen atoms in total. The number of nitrogens with one attached hydrogen (secondary N) is 1. The van der Waals surface area contributed by atoms with Crippen LogP contribution in [0, 0.1) is 5.41 Å². The molecule has 0 atom stereocenters. The van der Waals surface area contributed by atoms with Gasteiger partial charge in [0.2, 0.25) is 5.91 Å². The fourth-order valence-electron chi connectivity index (χ4n) is 2.08. The van der Waals surface area contributed by atoms with Gasteiger partial charge in [-0.3, -0.25) is 4.79 Å². The second-order valence-electron chi connectivity index (χ2n) is 4.85. The molecule has 1 aromatic rings. The van der Waals surface area contributed by atoms with Crippen molar-refractivity contribution in [1.29, 1.82) is 0 Å². The maximum Gasteiger partial charge on any atom is 0.340 e. The summed E-state index contributed by atoms with van der Waals surface area (Å²) in [6.45, 7) is 4.86. The summed E-state index contributed by atoms with van der Waals surface area (Å²) in [5, 5.41) is 2.82. The van der Waals surface area contributed by atoms with Gasteiger partial charge >= 0.3 is 5.97 Å². The van der Waals surface area contributed by atoms with E-state index in [1.807, 2.05) is 6.92 Å². The molecule has 2 rings (SSSR count). The molecule has 0 saturated carbocycles.